The molecule has 4 nitrogen and oxygen atoms in total. The predicted octanol–water partition coefficient (Wildman–Crippen LogP) is 4.19. The number of furan rings is 1. The third kappa shape index (κ3) is 2.29. The topological polar surface area (TPSA) is 64.9 Å². The largest absolute Gasteiger partial charge is 0.453 e. The minimum atomic E-state index is 0.443. The van der Waals surface area contributed by atoms with Crippen molar-refractivity contribution < 1.29 is 4.42 Å². The minimum absolute atomic E-state index is 0.443. The first kappa shape index (κ1) is 13.1. The standard InChI is InChI=1S/C15H14BrN3O/c1-2-5-10-13(16)14(17)19-15(18-10)12-8-9-6-3-4-7-11(9)20-12/h3-4,6-8H,2,5H2,1H3,(H2,17,18,19). The molecule has 3 rings (SSSR count). The lowest BCUT2D eigenvalue weighted by atomic mass is 10.2. The zero-order valence-corrected chi connectivity index (χ0v) is 12.6. The van der Waals surface area contributed by atoms with Crippen molar-refractivity contribution in [1.82, 2.24) is 9.97 Å². The summed E-state index contributed by atoms with van der Waals surface area (Å²) in [6.45, 7) is 2.10. The molecule has 0 bridgehead atoms. The Kier molecular flexibility index (Phi) is 3.44. The molecule has 0 unspecified atom stereocenters. The first-order valence-corrected chi connectivity index (χ1v) is 7.29. The SMILES string of the molecule is CCCc1nc(-c2cc3ccccc3o2)nc(N)c1Br. The Morgan fingerprint density at radius 3 is 2.80 bits per heavy atom. The number of rotatable bonds is 3. The highest BCUT2D eigenvalue weighted by atomic mass is 79.9. The van der Waals surface area contributed by atoms with E-state index in [0.717, 1.165) is 34.0 Å². The number of nitrogen functional groups attached to an aromatic ring is 1. The number of nitrogens with two attached hydrogens (primary N) is 1. The lowest BCUT2D eigenvalue weighted by Gasteiger charge is -2.06. The van der Waals surface area contributed by atoms with E-state index in [4.69, 9.17) is 10.2 Å². The highest BCUT2D eigenvalue weighted by Crippen LogP contribution is 2.29. The van der Waals surface area contributed by atoms with E-state index >= 15 is 0 Å². The highest BCUT2D eigenvalue weighted by Gasteiger charge is 2.14. The number of nitrogens with zero attached hydrogens (tertiary/aromatic N) is 2. The van der Waals surface area contributed by atoms with E-state index in [1.165, 1.54) is 0 Å². The lowest BCUT2D eigenvalue weighted by molar-refractivity contribution is 0.624. The molecule has 2 N–H and O–H groups in total. The van der Waals surface area contributed by atoms with Crippen LogP contribution in [0.25, 0.3) is 22.6 Å². The van der Waals surface area contributed by atoms with Gasteiger partial charge >= 0.3 is 0 Å². The predicted molar refractivity (Wildman–Crippen MR) is 83.3 cm³/mol. The molecule has 2 heterocycles. The van der Waals surface area contributed by atoms with Gasteiger partial charge < -0.3 is 10.2 Å². The average Bonchev–Trinajstić information content (AvgIpc) is 2.87. The molecule has 0 amide bonds. The number of aromatic nitrogens is 2. The summed E-state index contributed by atoms with van der Waals surface area (Å²) in [5, 5.41) is 1.03. The molecule has 5 heteroatoms. The van der Waals surface area contributed by atoms with Gasteiger partial charge in [0.25, 0.3) is 0 Å². The fourth-order valence-corrected chi connectivity index (χ4v) is 2.49. The molecule has 0 saturated carbocycles. The van der Waals surface area contributed by atoms with Gasteiger partial charge in [0.15, 0.2) is 11.6 Å². The van der Waals surface area contributed by atoms with Crippen molar-refractivity contribution in [2.45, 2.75) is 19.8 Å². The van der Waals surface area contributed by atoms with Crippen molar-refractivity contribution in [3.05, 3.63) is 40.5 Å². The molecule has 0 fully saturated rings. The number of aryl methyl sites for hydroxylation is 1. The Morgan fingerprint density at radius 2 is 2.05 bits per heavy atom. The van der Waals surface area contributed by atoms with E-state index in [-0.39, 0.29) is 0 Å². The van der Waals surface area contributed by atoms with Crippen LogP contribution in [0.15, 0.2) is 39.2 Å². The summed E-state index contributed by atoms with van der Waals surface area (Å²) in [4.78, 5) is 8.86. The molecule has 1 aromatic carbocycles. The van der Waals surface area contributed by atoms with Gasteiger partial charge in [-0.2, -0.15) is 0 Å². The van der Waals surface area contributed by atoms with E-state index < -0.39 is 0 Å². The summed E-state index contributed by atoms with van der Waals surface area (Å²) in [6, 6.07) is 9.77. The smallest absolute Gasteiger partial charge is 0.197 e. The maximum atomic E-state index is 5.94. The second-order valence-electron chi connectivity index (χ2n) is 4.59. The molecule has 0 saturated heterocycles. The number of anilines is 1. The van der Waals surface area contributed by atoms with Crippen LogP contribution in [0.4, 0.5) is 5.82 Å². The average molecular weight is 332 g/mol. The van der Waals surface area contributed by atoms with E-state index in [9.17, 15) is 0 Å². The van der Waals surface area contributed by atoms with Gasteiger partial charge in [-0.25, -0.2) is 9.97 Å². The van der Waals surface area contributed by atoms with Crippen molar-refractivity contribution >= 4 is 32.7 Å². The third-order valence-corrected chi connectivity index (χ3v) is 3.94. The van der Waals surface area contributed by atoms with Crippen LogP contribution in [0.5, 0.6) is 0 Å². The number of hydrogen-bond acceptors (Lipinski definition) is 4. The van der Waals surface area contributed by atoms with Gasteiger partial charge in [-0.3, -0.25) is 0 Å². The summed E-state index contributed by atoms with van der Waals surface area (Å²) < 4.78 is 6.56. The van der Waals surface area contributed by atoms with Crippen molar-refractivity contribution in [1.29, 1.82) is 0 Å². The monoisotopic (exact) mass is 331 g/mol. The summed E-state index contributed by atoms with van der Waals surface area (Å²) in [5.41, 5.74) is 7.68. The van der Waals surface area contributed by atoms with Crippen LogP contribution in [0.3, 0.4) is 0 Å². The zero-order chi connectivity index (χ0) is 14.1. The van der Waals surface area contributed by atoms with Crippen LogP contribution in [-0.2, 0) is 6.42 Å². The third-order valence-electron chi connectivity index (χ3n) is 3.08. The number of benzene rings is 1. The molecule has 0 radical (unpaired) electrons. The minimum Gasteiger partial charge on any atom is -0.453 e. The Bertz CT molecular complexity index is 734. The quantitative estimate of drug-likeness (QED) is 0.781. The number of halogens is 1. The van der Waals surface area contributed by atoms with E-state index in [1.807, 2.05) is 30.3 Å². The second kappa shape index (κ2) is 5.25. The zero-order valence-electron chi connectivity index (χ0n) is 11.1. The van der Waals surface area contributed by atoms with Crippen LogP contribution >= 0.6 is 15.9 Å². The van der Waals surface area contributed by atoms with E-state index in [1.54, 1.807) is 0 Å². The van der Waals surface area contributed by atoms with E-state index in [0.29, 0.717) is 17.4 Å². The Balaban J connectivity index is 2.13. The van der Waals surface area contributed by atoms with Crippen molar-refractivity contribution in [2.75, 3.05) is 5.73 Å². The van der Waals surface area contributed by atoms with Crippen molar-refractivity contribution in [3.63, 3.8) is 0 Å². The van der Waals surface area contributed by atoms with E-state index in [2.05, 4.69) is 32.8 Å². The van der Waals surface area contributed by atoms with Crippen LogP contribution < -0.4 is 5.73 Å². The van der Waals surface area contributed by atoms with Gasteiger partial charge in [0, 0.05) is 5.39 Å². The highest BCUT2D eigenvalue weighted by molar-refractivity contribution is 9.10. The molecular formula is C15H14BrN3O. The number of para-hydroxylation sites is 1. The molecule has 0 spiro atoms. The Morgan fingerprint density at radius 1 is 1.25 bits per heavy atom. The number of fused-ring (bicyclic) bond motifs is 1. The fourth-order valence-electron chi connectivity index (χ4n) is 2.12. The maximum absolute atomic E-state index is 5.94. The summed E-state index contributed by atoms with van der Waals surface area (Å²) >= 11 is 3.44. The lowest BCUT2D eigenvalue weighted by Crippen LogP contribution is -2.02. The van der Waals surface area contributed by atoms with Gasteiger partial charge in [0.1, 0.15) is 11.4 Å². The summed E-state index contributed by atoms with van der Waals surface area (Å²) in [7, 11) is 0. The summed E-state index contributed by atoms with van der Waals surface area (Å²) in [5.74, 6) is 1.62. The molecule has 102 valence electrons. The molecule has 20 heavy (non-hydrogen) atoms. The normalized spacial score (nSPS) is 11.1. The van der Waals surface area contributed by atoms with Gasteiger partial charge in [-0.15, -0.1) is 0 Å². The van der Waals surface area contributed by atoms with Crippen LogP contribution in [0, 0.1) is 0 Å². The van der Waals surface area contributed by atoms with Crippen LogP contribution in [-0.4, -0.2) is 9.97 Å². The molecule has 3 aromatic rings. The molecule has 0 atom stereocenters. The van der Waals surface area contributed by atoms with Gasteiger partial charge in [0.05, 0.1) is 10.2 Å². The second-order valence-corrected chi connectivity index (χ2v) is 5.38. The Labute approximate surface area is 125 Å². The maximum Gasteiger partial charge on any atom is 0.197 e. The first-order valence-electron chi connectivity index (χ1n) is 6.50. The summed E-state index contributed by atoms with van der Waals surface area (Å²) in [6.07, 6.45) is 1.84. The molecule has 0 aliphatic carbocycles. The fraction of sp³-hybridized carbons (Fsp3) is 0.200. The molecule has 2 aromatic heterocycles. The van der Waals surface area contributed by atoms with Gasteiger partial charge in [-0.1, -0.05) is 31.5 Å². The first-order chi connectivity index (χ1) is 9.69. The van der Waals surface area contributed by atoms with Gasteiger partial charge in [-0.05, 0) is 34.5 Å². The Hall–Kier alpha value is -1.88. The van der Waals surface area contributed by atoms with Crippen LogP contribution in [0.2, 0.25) is 0 Å². The van der Waals surface area contributed by atoms with Crippen LogP contribution in [0.1, 0.15) is 19.0 Å². The van der Waals surface area contributed by atoms with Crippen molar-refractivity contribution in [2.24, 2.45) is 0 Å². The molecule has 0 aliphatic rings. The van der Waals surface area contributed by atoms with Gasteiger partial charge in [0.2, 0.25) is 0 Å². The van der Waals surface area contributed by atoms with Crippen molar-refractivity contribution in [3.8, 4) is 11.6 Å². The molecular weight excluding hydrogens is 318 g/mol. The number of hydrogen-bond donors (Lipinski definition) is 1. The molecule has 0 aliphatic heterocycles.